The van der Waals surface area contributed by atoms with Crippen LogP contribution in [0.3, 0.4) is 0 Å². The van der Waals surface area contributed by atoms with Crippen LogP contribution in [0.1, 0.15) is 24.1 Å². The topological polar surface area (TPSA) is 37.8 Å². The van der Waals surface area contributed by atoms with E-state index in [-0.39, 0.29) is 6.04 Å². The highest BCUT2D eigenvalue weighted by Crippen LogP contribution is 2.29. The lowest BCUT2D eigenvalue weighted by Gasteiger charge is -2.18. The van der Waals surface area contributed by atoms with Crippen molar-refractivity contribution in [2.24, 2.45) is 0 Å². The fraction of sp³-hybridized carbons (Fsp3) is 0.200. The average molecular weight is 396 g/mol. The summed E-state index contributed by atoms with van der Waals surface area (Å²) >= 11 is 0. The highest BCUT2D eigenvalue weighted by atomic mass is 28.3. The molecule has 0 saturated carbocycles. The van der Waals surface area contributed by atoms with Crippen molar-refractivity contribution < 1.29 is 0 Å². The van der Waals surface area contributed by atoms with Gasteiger partial charge < -0.3 is 5.32 Å². The van der Waals surface area contributed by atoms with Crippen LogP contribution in [0.4, 0.5) is 5.82 Å². The molecule has 0 saturated heterocycles. The molecule has 4 heteroatoms. The Morgan fingerprint density at radius 2 is 1.69 bits per heavy atom. The van der Waals surface area contributed by atoms with Crippen molar-refractivity contribution in [2.45, 2.75) is 32.6 Å². The van der Waals surface area contributed by atoms with E-state index in [1.807, 2.05) is 12.1 Å². The standard InChI is InChI=1S/C25H25N3Si/c1-18(21-11-7-9-20-8-5-6-10-22(20)21)28-25-23-16-19(14-15-29(2,3)4)12-13-24(23)26-17-27-25/h5-13,16-18H,1-4H3,(H,26,27,28)/t18-/m1/s1. The van der Waals surface area contributed by atoms with E-state index in [0.717, 1.165) is 22.3 Å². The van der Waals surface area contributed by atoms with Crippen LogP contribution in [0.2, 0.25) is 19.6 Å². The summed E-state index contributed by atoms with van der Waals surface area (Å²) in [5.41, 5.74) is 6.62. The minimum absolute atomic E-state index is 0.107. The normalized spacial score (nSPS) is 12.4. The summed E-state index contributed by atoms with van der Waals surface area (Å²) in [6.07, 6.45) is 1.62. The third-order valence-corrected chi connectivity index (χ3v) is 5.74. The zero-order valence-corrected chi connectivity index (χ0v) is 18.3. The summed E-state index contributed by atoms with van der Waals surface area (Å²) in [5.74, 6) is 4.18. The number of hydrogen-bond donors (Lipinski definition) is 1. The van der Waals surface area contributed by atoms with Crippen molar-refractivity contribution in [1.82, 2.24) is 9.97 Å². The number of nitrogens with one attached hydrogen (secondary N) is 1. The van der Waals surface area contributed by atoms with E-state index in [1.54, 1.807) is 6.33 Å². The molecule has 144 valence electrons. The van der Waals surface area contributed by atoms with Gasteiger partial charge in [-0.1, -0.05) is 68.0 Å². The van der Waals surface area contributed by atoms with Crippen molar-refractivity contribution in [3.05, 3.63) is 78.1 Å². The number of nitrogens with zero attached hydrogens (tertiary/aromatic N) is 2. The van der Waals surface area contributed by atoms with Gasteiger partial charge in [0.25, 0.3) is 0 Å². The Morgan fingerprint density at radius 3 is 2.52 bits per heavy atom. The van der Waals surface area contributed by atoms with Crippen LogP contribution in [0.15, 0.2) is 67.0 Å². The van der Waals surface area contributed by atoms with Crippen LogP contribution in [-0.2, 0) is 0 Å². The fourth-order valence-electron chi connectivity index (χ4n) is 3.42. The maximum Gasteiger partial charge on any atom is 0.137 e. The predicted octanol–water partition coefficient (Wildman–Crippen LogP) is 6.19. The summed E-state index contributed by atoms with van der Waals surface area (Å²) < 4.78 is 0. The SMILES string of the molecule is C[C@@H](Nc1ncnc2ccc(C#C[Si](C)(C)C)cc12)c1cccc2ccccc12. The maximum atomic E-state index is 4.54. The Balaban J connectivity index is 1.72. The van der Waals surface area contributed by atoms with E-state index in [1.165, 1.54) is 16.3 Å². The second-order valence-electron chi connectivity index (χ2n) is 8.39. The zero-order chi connectivity index (χ0) is 20.4. The van der Waals surface area contributed by atoms with Gasteiger partial charge in [0.1, 0.15) is 20.2 Å². The molecule has 4 aromatic rings. The van der Waals surface area contributed by atoms with Gasteiger partial charge in [-0.2, -0.15) is 0 Å². The molecule has 3 aromatic carbocycles. The zero-order valence-electron chi connectivity index (χ0n) is 17.3. The molecule has 0 amide bonds. The van der Waals surface area contributed by atoms with Crippen LogP contribution < -0.4 is 5.32 Å². The summed E-state index contributed by atoms with van der Waals surface area (Å²) in [5, 5.41) is 7.11. The molecule has 1 N–H and O–H groups in total. The van der Waals surface area contributed by atoms with Gasteiger partial charge in [-0.3, -0.25) is 0 Å². The molecular formula is C25H25N3Si. The van der Waals surface area contributed by atoms with E-state index in [0.29, 0.717) is 0 Å². The minimum atomic E-state index is -1.43. The lowest BCUT2D eigenvalue weighted by atomic mass is 9.99. The van der Waals surface area contributed by atoms with Gasteiger partial charge in [-0.25, -0.2) is 9.97 Å². The van der Waals surface area contributed by atoms with E-state index < -0.39 is 8.07 Å². The first kappa shape index (κ1) is 19.2. The Hall–Kier alpha value is -3.16. The Kier molecular flexibility index (Phi) is 5.08. The number of rotatable bonds is 3. The number of anilines is 1. The van der Waals surface area contributed by atoms with E-state index >= 15 is 0 Å². The van der Waals surface area contributed by atoms with Crippen LogP contribution in [-0.4, -0.2) is 18.0 Å². The minimum Gasteiger partial charge on any atom is -0.363 e. The molecular weight excluding hydrogens is 370 g/mol. The molecule has 0 aliphatic carbocycles. The van der Waals surface area contributed by atoms with Gasteiger partial charge in [0.05, 0.1) is 11.6 Å². The first-order chi connectivity index (χ1) is 13.9. The molecule has 4 rings (SSSR count). The highest BCUT2D eigenvalue weighted by Gasteiger charge is 2.12. The average Bonchev–Trinajstić information content (AvgIpc) is 2.71. The second kappa shape index (κ2) is 7.69. The predicted molar refractivity (Wildman–Crippen MR) is 126 cm³/mol. The molecule has 0 bridgehead atoms. The number of fused-ring (bicyclic) bond motifs is 2. The summed E-state index contributed by atoms with van der Waals surface area (Å²) in [7, 11) is -1.43. The molecule has 0 aliphatic heterocycles. The van der Waals surface area contributed by atoms with Gasteiger partial charge in [0.15, 0.2) is 0 Å². The van der Waals surface area contributed by atoms with E-state index in [4.69, 9.17) is 0 Å². The molecule has 0 radical (unpaired) electrons. The largest absolute Gasteiger partial charge is 0.363 e. The number of benzene rings is 3. The second-order valence-corrected chi connectivity index (χ2v) is 13.1. The quantitative estimate of drug-likeness (QED) is 0.332. The first-order valence-corrected chi connectivity index (χ1v) is 13.4. The number of hydrogen-bond acceptors (Lipinski definition) is 3. The summed E-state index contributed by atoms with van der Waals surface area (Å²) in [6.45, 7) is 8.93. The molecule has 0 unspecified atom stereocenters. The molecule has 29 heavy (non-hydrogen) atoms. The van der Waals surface area contributed by atoms with Crippen LogP contribution in [0.5, 0.6) is 0 Å². The Labute approximate surface area is 173 Å². The first-order valence-electron chi connectivity index (χ1n) is 9.93. The highest BCUT2D eigenvalue weighted by molar-refractivity contribution is 6.83. The molecule has 0 spiro atoms. The molecule has 1 heterocycles. The molecule has 1 aromatic heterocycles. The van der Waals surface area contributed by atoms with Crippen LogP contribution in [0.25, 0.3) is 21.7 Å². The summed E-state index contributed by atoms with van der Waals surface area (Å²) in [6, 6.07) is 21.2. The van der Waals surface area contributed by atoms with Crippen LogP contribution >= 0.6 is 0 Å². The van der Waals surface area contributed by atoms with Gasteiger partial charge in [0.2, 0.25) is 0 Å². The third-order valence-electron chi connectivity index (χ3n) is 4.86. The molecule has 0 fully saturated rings. The maximum absolute atomic E-state index is 4.54. The van der Waals surface area contributed by atoms with E-state index in [2.05, 4.69) is 102 Å². The monoisotopic (exact) mass is 395 g/mol. The van der Waals surface area contributed by atoms with E-state index in [9.17, 15) is 0 Å². The fourth-order valence-corrected chi connectivity index (χ4v) is 3.94. The van der Waals surface area contributed by atoms with Crippen molar-refractivity contribution in [2.75, 3.05) is 5.32 Å². The van der Waals surface area contributed by atoms with Gasteiger partial charge in [-0.05, 0) is 41.5 Å². The van der Waals surface area contributed by atoms with Crippen molar-refractivity contribution in [1.29, 1.82) is 0 Å². The Bertz CT molecular complexity index is 1240. The van der Waals surface area contributed by atoms with Crippen molar-refractivity contribution in [3.63, 3.8) is 0 Å². The van der Waals surface area contributed by atoms with Crippen LogP contribution in [0, 0.1) is 11.5 Å². The number of aromatic nitrogens is 2. The molecule has 3 nitrogen and oxygen atoms in total. The van der Waals surface area contributed by atoms with Gasteiger partial charge in [0, 0.05) is 10.9 Å². The van der Waals surface area contributed by atoms with Gasteiger partial charge in [-0.15, -0.1) is 5.54 Å². The Morgan fingerprint density at radius 1 is 0.897 bits per heavy atom. The van der Waals surface area contributed by atoms with Crippen molar-refractivity contribution in [3.8, 4) is 11.5 Å². The third kappa shape index (κ3) is 4.31. The van der Waals surface area contributed by atoms with Crippen molar-refractivity contribution >= 4 is 35.6 Å². The molecule has 0 aliphatic rings. The van der Waals surface area contributed by atoms with Gasteiger partial charge >= 0.3 is 0 Å². The summed E-state index contributed by atoms with van der Waals surface area (Å²) in [4.78, 5) is 8.97. The molecule has 1 atom stereocenters. The lowest BCUT2D eigenvalue weighted by molar-refractivity contribution is 0.885. The lowest BCUT2D eigenvalue weighted by Crippen LogP contribution is -2.16. The smallest absolute Gasteiger partial charge is 0.137 e.